The van der Waals surface area contributed by atoms with Crippen LogP contribution in [0.25, 0.3) is 0 Å². The van der Waals surface area contributed by atoms with Crippen LogP contribution in [0.4, 0.5) is 0 Å². The summed E-state index contributed by atoms with van der Waals surface area (Å²) in [5.74, 6) is -0.590. The summed E-state index contributed by atoms with van der Waals surface area (Å²) in [7, 11) is -4.45. The lowest BCUT2D eigenvalue weighted by molar-refractivity contribution is 0.112. The Bertz CT molecular complexity index is 264. The number of aliphatic hydroxyl groups excluding tert-OH is 2. The van der Waals surface area contributed by atoms with Crippen LogP contribution in [-0.2, 0) is 10.1 Å². The molecule has 0 aromatic rings. The summed E-state index contributed by atoms with van der Waals surface area (Å²) < 4.78 is 30.9. The lowest BCUT2D eigenvalue weighted by atomic mass is 10.0. The maximum absolute atomic E-state index is 10.3. The van der Waals surface area contributed by atoms with Gasteiger partial charge >= 0.3 is 0 Å². The van der Waals surface area contributed by atoms with E-state index in [1.807, 2.05) is 13.8 Å². The van der Waals surface area contributed by atoms with Crippen molar-refractivity contribution in [3.63, 3.8) is 0 Å². The first-order valence-electron chi connectivity index (χ1n) is 4.73. The number of hydrogen-bond donors (Lipinski definition) is 3. The summed E-state index contributed by atoms with van der Waals surface area (Å²) in [6, 6.07) is -0.401. The molecule has 0 heterocycles. The molecule has 0 spiro atoms. The third-order valence-electron chi connectivity index (χ3n) is 1.77. The zero-order valence-electron chi connectivity index (χ0n) is 8.88. The monoisotopic (exact) mass is 240 g/mol. The minimum atomic E-state index is -4.45. The molecular weight excluding hydrogens is 222 g/mol. The van der Waals surface area contributed by atoms with Crippen molar-refractivity contribution >= 4 is 10.1 Å². The average molecular weight is 240 g/mol. The van der Waals surface area contributed by atoms with E-state index in [1.54, 1.807) is 0 Å². The van der Waals surface area contributed by atoms with Crippen molar-refractivity contribution in [1.29, 1.82) is 0 Å². The lowest BCUT2D eigenvalue weighted by Crippen LogP contribution is -2.44. The maximum Gasteiger partial charge on any atom is 0.118 e. The Balaban J connectivity index is 4.07. The van der Waals surface area contributed by atoms with Crippen LogP contribution in [0.3, 0.4) is 0 Å². The summed E-state index contributed by atoms with van der Waals surface area (Å²) in [5, 5.41) is 20.6. The van der Waals surface area contributed by atoms with Crippen LogP contribution in [-0.4, -0.2) is 47.8 Å². The van der Waals surface area contributed by atoms with Crippen molar-refractivity contribution in [3.8, 4) is 0 Å². The number of nitrogens with one attached hydrogen (secondary N) is 1. The molecule has 3 N–H and O–H groups in total. The van der Waals surface area contributed by atoms with Crippen LogP contribution in [0.2, 0.25) is 0 Å². The molecule has 92 valence electrons. The molecule has 0 amide bonds. The second-order valence-electron chi connectivity index (χ2n) is 3.92. The van der Waals surface area contributed by atoms with E-state index in [9.17, 15) is 18.1 Å². The average Bonchev–Trinajstić information content (AvgIpc) is 1.98. The second-order valence-corrected chi connectivity index (χ2v) is 5.36. The van der Waals surface area contributed by atoms with Crippen LogP contribution < -0.4 is 5.32 Å². The van der Waals surface area contributed by atoms with Crippen LogP contribution in [0.15, 0.2) is 0 Å². The molecule has 0 bridgehead atoms. The molecule has 0 saturated heterocycles. The summed E-state index contributed by atoms with van der Waals surface area (Å²) in [5.41, 5.74) is 0. The van der Waals surface area contributed by atoms with E-state index in [2.05, 4.69) is 5.32 Å². The van der Waals surface area contributed by atoms with Gasteiger partial charge in [0.1, 0.15) is 6.23 Å². The van der Waals surface area contributed by atoms with Gasteiger partial charge in [-0.25, -0.2) is 8.42 Å². The first kappa shape index (κ1) is 14.8. The molecule has 2 unspecified atom stereocenters. The van der Waals surface area contributed by atoms with E-state index in [-0.39, 0.29) is 6.61 Å². The molecule has 2 atom stereocenters. The van der Waals surface area contributed by atoms with Crippen LogP contribution >= 0.6 is 0 Å². The van der Waals surface area contributed by atoms with Crippen LogP contribution in [0.5, 0.6) is 0 Å². The molecule has 0 aliphatic carbocycles. The Morgan fingerprint density at radius 3 is 2.27 bits per heavy atom. The molecule has 6 nitrogen and oxygen atoms in total. The predicted molar refractivity (Wildman–Crippen MR) is 54.0 cm³/mol. The predicted octanol–water partition coefficient (Wildman–Crippen LogP) is -1.15. The van der Waals surface area contributed by atoms with Crippen LogP contribution in [0.1, 0.15) is 20.3 Å². The van der Waals surface area contributed by atoms with Crippen molar-refractivity contribution in [2.45, 2.75) is 32.5 Å². The fourth-order valence-corrected chi connectivity index (χ4v) is 1.76. The third-order valence-corrected chi connectivity index (χ3v) is 2.49. The molecule has 0 radical (unpaired) electrons. The highest BCUT2D eigenvalue weighted by Crippen LogP contribution is 2.04. The van der Waals surface area contributed by atoms with Gasteiger partial charge in [0, 0.05) is 6.04 Å². The normalized spacial score (nSPS) is 16.7. The molecule has 0 saturated carbocycles. The topological polar surface area (TPSA) is 110 Å². The van der Waals surface area contributed by atoms with Gasteiger partial charge in [-0.05, 0) is 12.3 Å². The van der Waals surface area contributed by atoms with E-state index >= 15 is 0 Å². The molecular formula is C8H18NO5S-. The highest BCUT2D eigenvalue weighted by molar-refractivity contribution is 7.85. The van der Waals surface area contributed by atoms with Crippen molar-refractivity contribution in [3.05, 3.63) is 0 Å². The number of aliphatic hydroxyl groups is 2. The fourth-order valence-electron chi connectivity index (χ4n) is 1.28. The summed E-state index contributed by atoms with van der Waals surface area (Å²) in [6.07, 6.45) is -0.838. The highest BCUT2D eigenvalue weighted by Gasteiger charge is 2.15. The zero-order valence-corrected chi connectivity index (χ0v) is 9.70. The summed E-state index contributed by atoms with van der Waals surface area (Å²) in [6.45, 7) is 3.65. The Hall–Kier alpha value is -0.210. The van der Waals surface area contributed by atoms with Crippen molar-refractivity contribution in [2.24, 2.45) is 5.92 Å². The molecule has 7 heteroatoms. The first-order valence-corrected chi connectivity index (χ1v) is 6.31. The molecule has 15 heavy (non-hydrogen) atoms. The van der Waals surface area contributed by atoms with Gasteiger partial charge < -0.3 is 14.8 Å². The number of hydrogen-bond acceptors (Lipinski definition) is 6. The molecule has 0 rings (SSSR count). The van der Waals surface area contributed by atoms with Gasteiger partial charge in [0.25, 0.3) is 0 Å². The van der Waals surface area contributed by atoms with Gasteiger partial charge in [-0.1, -0.05) is 13.8 Å². The second kappa shape index (κ2) is 6.39. The standard InChI is InChI=1S/C8H19NO5S/c1-6(2)3-7(4-10)9-8(11)5-15(12,13)14/h6-11H,3-5H2,1-2H3,(H,12,13,14)/p-1. The first-order chi connectivity index (χ1) is 6.74. The van der Waals surface area contributed by atoms with Crippen LogP contribution in [0, 0.1) is 5.92 Å². The Labute approximate surface area is 90.1 Å². The molecule has 0 aromatic carbocycles. The molecule has 0 aromatic heterocycles. The summed E-state index contributed by atoms with van der Waals surface area (Å²) >= 11 is 0. The molecule has 0 fully saturated rings. The Morgan fingerprint density at radius 1 is 1.40 bits per heavy atom. The van der Waals surface area contributed by atoms with Crippen molar-refractivity contribution < 1.29 is 23.2 Å². The van der Waals surface area contributed by atoms with Gasteiger partial charge in [-0.2, -0.15) is 0 Å². The van der Waals surface area contributed by atoms with Gasteiger partial charge in [0.2, 0.25) is 0 Å². The minimum absolute atomic E-state index is 0.214. The van der Waals surface area contributed by atoms with E-state index in [1.165, 1.54) is 0 Å². The smallest absolute Gasteiger partial charge is 0.118 e. The Morgan fingerprint density at radius 2 is 1.93 bits per heavy atom. The third kappa shape index (κ3) is 8.76. The Kier molecular flexibility index (Phi) is 6.30. The van der Waals surface area contributed by atoms with E-state index in [4.69, 9.17) is 5.11 Å². The zero-order chi connectivity index (χ0) is 12.1. The van der Waals surface area contributed by atoms with Crippen molar-refractivity contribution in [2.75, 3.05) is 12.4 Å². The minimum Gasteiger partial charge on any atom is -0.748 e. The summed E-state index contributed by atoms with van der Waals surface area (Å²) in [4.78, 5) is 0. The SMILES string of the molecule is CC(C)CC(CO)NC(O)CS(=O)(=O)[O-]. The van der Waals surface area contributed by atoms with Gasteiger partial charge in [0.05, 0.1) is 22.5 Å². The number of rotatable bonds is 7. The fraction of sp³-hybridized carbons (Fsp3) is 1.00. The van der Waals surface area contributed by atoms with Gasteiger partial charge in [-0.3, -0.25) is 5.32 Å². The van der Waals surface area contributed by atoms with E-state index in [0.717, 1.165) is 0 Å². The van der Waals surface area contributed by atoms with E-state index in [0.29, 0.717) is 12.3 Å². The quantitative estimate of drug-likeness (QED) is 0.383. The lowest BCUT2D eigenvalue weighted by Gasteiger charge is -2.22. The molecule has 0 aliphatic heterocycles. The largest absolute Gasteiger partial charge is 0.748 e. The maximum atomic E-state index is 10.3. The van der Waals surface area contributed by atoms with Gasteiger partial charge in [-0.15, -0.1) is 0 Å². The van der Waals surface area contributed by atoms with E-state index < -0.39 is 28.1 Å². The molecule has 0 aliphatic rings. The van der Waals surface area contributed by atoms with Gasteiger partial charge in [0.15, 0.2) is 0 Å². The van der Waals surface area contributed by atoms with Crippen molar-refractivity contribution in [1.82, 2.24) is 5.32 Å². The highest BCUT2D eigenvalue weighted by atomic mass is 32.2.